The van der Waals surface area contributed by atoms with Gasteiger partial charge in [0, 0.05) is 42.1 Å². The lowest BCUT2D eigenvalue weighted by Gasteiger charge is -2.32. The molecule has 10 heteroatoms. The van der Waals surface area contributed by atoms with Crippen LogP contribution in [-0.2, 0) is 0 Å². The van der Waals surface area contributed by atoms with Crippen molar-refractivity contribution in [3.63, 3.8) is 0 Å². The highest BCUT2D eigenvalue weighted by molar-refractivity contribution is 7.99. The van der Waals surface area contributed by atoms with Gasteiger partial charge in [-0.2, -0.15) is 15.0 Å². The van der Waals surface area contributed by atoms with Crippen LogP contribution in [0.3, 0.4) is 0 Å². The molecule has 0 atom stereocenters. The number of benzene rings is 1. The molecular weight excluding hydrogens is 458 g/mol. The van der Waals surface area contributed by atoms with E-state index in [1.807, 2.05) is 6.20 Å². The molecule has 3 aromatic heterocycles. The molecule has 32 heavy (non-hydrogen) atoms. The van der Waals surface area contributed by atoms with Gasteiger partial charge < -0.3 is 9.80 Å². The summed E-state index contributed by atoms with van der Waals surface area (Å²) in [6.45, 7) is 5.86. The number of nitrogens with zero attached hydrogens (tertiary/aromatic N) is 6. The summed E-state index contributed by atoms with van der Waals surface area (Å²) in [5, 5.41) is 6.83. The Labute approximate surface area is 199 Å². The summed E-state index contributed by atoms with van der Waals surface area (Å²) in [5.41, 5.74) is 1.23. The Kier molecular flexibility index (Phi) is 6.35. The Hall–Kier alpha value is -2.53. The van der Waals surface area contributed by atoms with Crippen LogP contribution >= 0.6 is 34.4 Å². The first-order chi connectivity index (χ1) is 15.6. The van der Waals surface area contributed by atoms with E-state index in [0.717, 1.165) is 41.1 Å². The third-order valence-electron chi connectivity index (χ3n) is 5.11. The van der Waals surface area contributed by atoms with Crippen LogP contribution in [0.15, 0.2) is 58.0 Å². The molecule has 7 nitrogen and oxygen atoms in total. The molecule has 0 saturated carbocycles. The quantitative estimate of drug-likeness (QED) is 0.412. The van der Waals surface area contributed by atoms with Gasteiger partial charge in [-0.1, -0.05) is 35.1 Å². The minimum atomic E-state index is 0.524. The van der Waals surface area contributed by atoms with Crippen molar-refractivity contribution in [2.75, 3.05) is 43.4 Å². The fourth-order valence-corrected chi connectivity index (χ4v) is 5.64. The minimum absolute atomic E-state index is 0.524. The lowest BCUT2D eigenvalue weighted by molar-refractivity contribution is 0.311. The third kappa shape index (κ3) is 5.09. The molecule has 1 saturated heterocycles. The number of aromatic nitrogens is 4. The minimum Gasteiger partial charge on any atom is -0.338 e. The average Bonchev–Trinajstić information content (AvgIpc) is 3.48. The van der Waals surface area contributed by atoms with E-state index >= 15 is 0 Å². The summed E-state index contributed by atoms with van der Waals surface area (Å²) >= 11 is 4.86. The molecule has 0 spiro atoms. The van der Waals surface area contributed by atoms with E-state index in [2.05, 4.69) is 75.9 Å². The zero-order valence-corrected chi connectivity index (χ0v) is 20.3. The molecule has 0 unspecified atom stereocenters. The molecule has 0 radical (unpaired) electrons. The zero-order chi connectivity index (χ0) is 21.9. The molecule has 5 rings (SSSR count). The van der Waals surface area contributed by atoms with Gasteiger partial charge in [-0.15, -0.1) is 11.3 Å². The second-order valence-corrected chi connectivity index (χ2v) is 10.6. The number of rotatable bonds is 6. The van der Waals surface area contributed by atoms with E-state index in [9.17, 15) is 0 Å². The molecule has 4 heterocycles. The topological polar surface area (TPSA) is 70.1 Å². The van der Waals surface area contributed by atoms with Crippen molar-refractivity contribution < 1.29 is 0 Å². The van der Waals surface area contributed by atoms with E-state index in [1.165, 1.54) is 10.4 Å². The number of hydrogen-bond acceptors (Lipinski definition) is 10. The number of nitrogens with one attached hydrogen (secondary N) is 1. The van der Waals surface area contributed by atoms with Crippen molar-refractivity contribution in [1.82, 2.24) is 24.8 Å². The van der Waals surface area contributed by atoms with E-state index in [1.54, 1.807) is 34.4 Å². The van der Waals surface area contributed by atoms with Crippen molar-refractivity contribution in [3.05, 3.63) is 53.5 Å². The van der Waals surface area contributed by atoms with Crippen LogP contribution in [-0.4, -0.2) is 58.1 Å². The summed E-state index contributed by atoms with van der Waals surface area (Å²) in [6, 6.07) is 12.6. The smallest absolute Gasteiger partial charge is 0.234 e. The summed E-state index contributed by atoms with van der Waals surface area (Å²) in [5.74, 6) is 1.23. The zero-order valence-electron chi connectivity index (χ0n) is 17.9. The maximum Gasteiger partial charge on any atom is 0.234 e. The highest BCUT2D eigenvalue weighted by Gasteiger charge is 2.19. The molecule has 4 aromatic rings. The number of thiophene rings is 1. The fourth-order valence-electron chi connectivity index (χ4n) is 3.27. The maximum atomic E-state index is 4.78. The van der Waals surface area contributed by atoms with Crippen molar-refractivity contribution in [2.24, 2.45) is 0 Å². The molecule has 0 amide bonds. The monoisotopic (exact) mass is 481 g/mol. The summed E-state index contributed by atoms with van der Waals surface area (Å²) < 4.78 is 0. The van der Waals surface area contributed by atoms with Crippen LogP contribution < -0.4 is 10.2 Å². The Morgan fingerprint density at radius 2 is 1.78 bits per heavy atom. The van der Waals surface area contributed by atoms with Gasteiger partial charge in [0.25, 0.3) is 0 Å². The van der Waals surface area contributed by atoms with Crippen LogP contribution in [0.4, 0.5) is 17.0 Å². The van der Waals surface area contributed by atoms with Gasteiger partial charge in [0.15, 0.2) is 10.3 Å². The summed E-state index contributed by atoms with van der Waals surface area (Å²) in [4.78, 5) is 26.7. The molecule has 1 aromatic carbocycles. The predicted molar refractivity (Wildman–Crippen MR) is 134 cm³/mol. The van der Waals surface area contributed by atoms with Crippen molar-refractivity contribution >= 4 is 51.5 Å². The number of piperazine rings is 1. The van der Waals surface area contributed by atoms with Crippen LogP contribution in [0.1, 0.15) is 5.56 Å². The summed E-state index contributed by atoms with van der Waals surface area (Å²) in [7, 11) is 2.14. The van der Waals surface area contributed by atoms with Gasteiger partial charge in [-0.25, -0.2) is 4.98 Å². The number of thiazole rings is 1. The fraction of sp³-hybridized carbons (Fsp3) is 0.273. The van der Waals surface area contributed by atoms with Crippen molar-refractivity contribution in [3.8, 4) is 9.75 Å². The Morgan fingerprint density at radius 3 is 2.53 bits per heavy atom. The second-order valence-electron chi connectivity index (χ2n) is 7.58. The predicted octanol–water partition coefficient (Wildman–Crippen LogP) is 5.01. The van der Waals surface area contributed by atoms with Crippen molar-refractivity contribution in [1.29, 1.82) is 0 Å². The van der Waals surface area contributed by atoms with E-state index in [-0.39, 0.29) is 0 Å². The van der Waals surface area contributed by atoms with Crippen LogP contribution in [0, 0.1) is 6.92 Å². The largest absolute Gasteiger partial charge is 0.338 e. The van der Waals surface area contributed by atoms with E-state index < -0.39 is 0 Å². The van der Waals surface area contributed by atoms with Crippen LogP contribution in [0.25, 0.3) is 9.75 Å². The molecule has 1 aliphatic rings. The Morgan fingerprint density at radius 1 is 0.969 bits per heavy atom. The number of anilines is 3. The van der Waals surface area contributed by atoms with Crippen LogP contribution in [0.2, 0.25) is 0 Å². The molecule has 1 N–H and O–H groups in total. The first-order valence-corrected chi connectivity index (χ1v) is 12.8. The highest BCUT2D eigenvalue weighted by atomic mass is 32.2. The molecule has 0 aliphatic carbocycles. The Bertz CT molecular complexity index is 1170. The second kappa shape index (κ2) is 9.53. The lowest BCUT2D eigenvalue weighted by Crippen LogP contribution is -2.45. The first kappa shape index (κ1) is 21.3. The maximum absolute atomic E-state index is 4.78. The van der Waals surface area contributed by atoms with Crippen LogP contribution in [0.5, 0.6) is 0 Å². The van der Waals surface area contributed by atoms with Gasteiger partial charge in [0.05, 0.1) is 4.88 Å². The highest BCUT2D eigenvalue weighted by Crippen LogP contribution is 2.33. The van der Waals surface area contributed by atoms with Gasteiger partial charge in [-0.05, 0) is 49.3 Å². The molecular formula is C22H23N7S3. The molecule has 164 valence electrons. The lowest BCUT2D eigenvalue weighted by atomic mass is 10.2. The van der Waals surface area contributed by atoms with Gasteiger partial charge >= 0.3 is 0 Å². The number of aryl methyl sites for hydroxylation is 1. The number of likely N-dealkylation sites (N-methyl/N-ethyl adjacent to an activating group) is 1. The third-order valence-corrected chi connectivity index (χ3v) is 7.96. The standard InChI is InChI=1S/C22H23N7S3/c1-15-5-7-16(8-6-15)31-22-26-19(24-20(27-22)29-11-9-28(2)10-12-29)25-21-23-14-18(32-21)17-4-3-13-30-17/h3-8,13-14H,9-12H2,1-2H3,(H,23,24,25,26,27). The molecule has 0 bridgehead atoms. The van der Waals surface area contributed by atoms with Gasteiger partial charge in [0.1, 0.15) is 0 Å². The number of hydrogen-bond donors (Lipinski definition) is 1. The normalized spacial score (nSPS) is 14.6. The van der Waals surface area contributed by atoms with E-state index in [4.69, 9.17) is 15.0 Å². The summed E-state index contributed by atoms with van der Waals surface area (Å²) in [6.07, 6.45) is 1.89. The van der Waals surface area contributed by atoms with Gasteiger partial charge in [-0.3, -0.25) is 5.32 Å². The SMILES string of the molecule is Cc1ccc(Sc2nc(Nc3ncc(-c4cccs4)s3)nc(N3CCN(C)CC3)n2)cc1. The first-order valence-electron chi connectivity index (χ1n) is 10.3. The van der Waals surface area contributed by atoms with Gasteiger partial charge in [0.2, 0.25) is 11.9 Å². The molecule has 1 aliphatic heterocycles. The van der Waals surface area contributed by atoms with E-state index in [0.29, 0.717) is 17.1 Å². The Balaban J connectivity index is 1.42. The average molecular weight is 482 g/mol. The molecule has 1 fully saturated rings. The van der Waals surface area contributed by atoms with Crippen molar-refractivity contribution in [2.45, 2.75) is 17.0 Å².